The number of carboxylic acids is 1. The SMILES string of the molecule is CC(=O)C(=O)CNCCCC(N)C(=O)O. The van der Waals surface area contributed by atoms with Gasteiger partial charge < -0.3 is 16.2 Å². The van der Waals surface area contributed by atoms with Crippen molar-refractivity contribution in [2.24, 2.45) is 5.73 Å². The summed E-state index contributed by atoms with van der Waals surface area (Å²) in [5, 5.41) is 11.2. The second kappa shape index (κ2) is 7.08. The highest BCUT2D eigenvalue weighted by molar-refractivity contribution is 6.37. The van der Waals surface area contributed by atoms with Crippen molar-refractivity contribution in [3.63, 3.8) is 0 Å². The van der Waals surface area contributed by atoms with Crippen LogP contribution in [0.25, 0.3) is 0 Å². The van der Waals surface area contributed by atoms with E-state index in [1.165, 1.54) is 6.92 Å². The fourth-order valence-electron chi connectivity index (χ4n) is 0.897. The summed E-state index contributed by atoms with van der Waals surface area (Å²) in [6.45, 7) is 1.68. The number of rotatable bonds is 8. The van der Waals surface area contributed by atoms with Crippen LogP contribution in [0.15, 0.2) is 0 Å². The Hall–Kier alpha value is -1.27. The Morgan fingerprint density at radius 1 is 1.40 bits per heavy atom. The first-order chi connectivity index (χ1) is 6.95. The van der Waals surface area contributed by atoms with Gasteiger partial charge in [-0.1, -0.05) is 0 Å². The zero-order valence-corrected chi connectivity index (χ0v) is 8.66. The number of carbonyl (C=O) groups excluding carboxylic acids is 2. The van der Waals surface area contributed by atoms with Crippen LogP contribution in [0.2, 0.25) is 0 Å². The number of nitrogens with one attached hydrogen (secondary N) is 1. The molecule has 1 atom stereocenters. The van der Waals surface area contributed by atoms with Crippen LogP contribution in [-0.2, 0) is 14.4 Å². The molecular weight excluding hydrogens is 200 g/mol. The summed E-state index contributed by atoms with van der Waals surface area (Å²) in [5.41, 5.74) is 5.26. The molecular formula is C9H16N2O4. The lowest BCUT2D eigenvalue weighted by Gasteiger charge is -2.06. The van der Waals surface area contributed by atoms with Gasteiger partial charge in [0.15, 0.2) is 5.78 Å². The van der Waals surface area contributed by atoms with Crippen LogP contribution in [0.4, 0.5) is 0 Å². The Kier molecular flexibility index (Phi) is 6.48. The van der Waals surface area contributed by atoms with Crippen molar-refractivity contribution in [2.45, 2.75) is 25.8 Å². The van der Waals surface area contributed by atoms with Gasteiger partial charge in [-0.05, 0) is 19.4 Å². The predicted octanol–water partition coefficient (Wildman–Crippen LogP) is -1.07. The number of ketones is 2. The van der Waals surface area contributed by atoms with E-state index in [4.69, 9.17) is 10.8 Å². The van der Waals surface area contributed by atoms with Crippen LogP contribution in [0.3, 0.4) is 0 Å². The van der Waals surface area contributed by atoms with E-state index >= 15 is 0 Å². The largest absolute Gasteiger partial charge is 0.480 e. The molecule has 0 bridgehead atoms. The van der Waals surface area contributed by atoms with Gasteiger partial charge in [0.1, 0.15) is 6.04 Å². The molecule has 15 heavy (non-hydrogen) atoms. The first-order valence-electron chi connectivity index (χ1n) is 4.68. The van der Waals surface area contributed by atoms with Crippen molar-refractivity contribution in [1.82, 2.24) is 5.32 Å². The lowest BCUT2D eigenvalue weighted by Crippen LogP contribution is -2.32. The van der Waals surface area contributed by atoms with Crippen molar-refractivity contribution < 1.29 is 19.5 Å². The molecule has 4 N–H and O–H groups in total. The van der Waals surface area contributed by atoms with E-state index in [0.717, 1.165) is 0 Å². The number of Topliss-reactive ketones (excluding diaryl/α,β-unsaturated/α-hetero) is 2. The van der Waals surface area contributed by atoms with Crippen molar-refractivity contribution in [1.29, 1.82) is 0 Å². The van der Waals surface area contributed by atoms with Gasteiger partial charge in [0.2, 0.25) is 5.78 Å². The molecule has 0 radical (unpaired) electrons. The van der Waals surface area contributed by atoms with Gasteiger partial charge in [0.25, 0.3) is 0 Å². The molecule has 86 valence electrons. The molecule has 6 heteroatoms. The molecule has 0 aliphatic rings. The molecule has 0 aromatic carbocycles. The van der Waals surface area contributed by atoms with E-state index in [-0.39, 0.29) is 6.54 Å². The van der Waals surface area contributed by atoms with Gasteiger partial charge in [-0.15, -0.1) is 0 Å². The summed E-state index contributed by atoms with van der Waals surface area (Å²) >= 11 is 0. The fraction of sp³-hybridized carbons (Fsp3) is 0.667. The maximum absolute atomic E-state index is 10.8. The third kappa shape index (κ3) is 6.75. The molecule has 0 amide bonds. The Balaban J connectivity index is 3.44. The summed E-state index contributed by atoms with van der Waals surface area (Å²) in [4.78, 5) is 31.7. The summed E-state index contributed by atoms with van der Waals surface area (Å²) < 4.78 is 0. The topological polar surface area (TPSA) is 109 Å². The van der Waals surface area contributed by atoms with E-state index in [1.54, 1.807) is 0 Å². The Labute approximate surface area is 87.8 Å². The molecule has 1 unspecified atom stereocenters. The van der Waals surface area contributed by atoms with Crippen molar-refractivity contribution in [3.05, 3.63) is 0 Å². The normalized spacial score (nSPS) is 12.1. The third-order valence-corrected chi connectivity index (χ3v) is 1.86. The standard InChI is InChI=1S/C9H16N2O4/c1-6(12)8(13)5-11-4-2-3-7(10)9(14)15/h7,11H,2-5,10H2,1H3,(H,14,15). The molecule has 0 saturated carbocycles. The number of nitrogens with two attached hydrogens (primary N) is 1. The maximum Gasteiger partial charge on any atom is 0.320 e. The average molecular weight is 216 g/mol. The lowest BCUT2D eigenvalue weighted by atomic mass is 10.2. The summed E-state index contributed by atoms with van der Waals surface area (Å²) in [5.74, 6) is -1.99. The predicted molar refractivity (Wildman–Crippen MR) is 53.4 cm³/mol. The zero-order chi connectivity index (χ0) is 11.8. The average Bonchev–Trinajstić information content (AvgIpc) is 2.16. The fourth-order valence-corrected chi connectivity index (χ4v) is 0.897. The minimum atomic E-state index is -1.03. The van der Waals surface area contributed by atoms with E-state index in [1.807, 2.05) is 0 Å². The first-order valence-corrected chi connectivity index (χ1v) is 4.68. The number of carbonyl (C=O) groups is 3. The molecule has 0 aromatic rings. The number of hydrogen-bond donors (Lipinski definition) is 3. The highest BCUT2D eigenvalue weighted by Crippen LogP contribution is 1.92. The molecule has 0 fully saturated rings. The van der Waals surface area contributed by atoms with Gasteiger partial charge in [-0.3, -0.25) is 14.4 Å². The monoisotopic (exact) mass is 216 g/mol. The first kappa shape index (κ1) is 13.7. The van der Waals surface area contributed by atoms with Crippen LogP contribution in [0.1, 0.15) is 19.8 Å². The van der Waals surface area contributed by atoms with Crippen LogP contribution in [0.5, 0.6) is 0 Å². The number of hydrogen-bond acceptors (Lipinski definition) is 5. The molecule has 0 aliphatic carbocycles. The van der Waals surface area contributed by atoms with Gasteiger partial charge in [0.05, 0.1) is 6.54 Å². The summed E-state index contributed by atoms with van der Waals surface area (Å²) in [7, 11) is 0. The van der Waals surface area contributed by atoms with Crippen LogP contribution in [-0.4, -0.2) is 41.8 Å². The Bertz CT molecular complexity index is 252. The van der Waals surface area contributed by atoms with Crippen molar-refractivity contribution in [2.75, 3.05) is 13.1 Å². The molecule has 0 heterocycles. The van der Waals surface area contributed by atoms with Crippen molar-refractivity contribution >= 4 is 17.5 Å². The van der Waals surface area contributed by atoms with E-state index in [2.05, 4.69) is 5.32 Å². The van der Waals surface area contributed by atoms with Gasteiger partial charge in [-0.25, -0.2) is 0 Å². The van der Waals surface area contributed by atoms with Gasteiger partial charge >= 0.3 is 5.97 Å². The Morgan fingerprint density at radius 3 is 2.47 bits per heavy atom. The number of aliphatic carboxylic acids is 1. The molecule has 0 saturated heterocycles. The minimum absolute atomic E-state index is 0.00234. The molecule has 0 spiro atoms. The molecule has 0 aromatic heterocycles. The smallest absolute Gasteiger partial charge is 0.320 e. The van der Waals surface area contributed by atoms with Gasteiger partial charge in [0, 0.05) is 6.92 Å². The van der Waals surface area contributed by atoms with Crippen LogP contribution < -0.4 is 11.1 Å². The summed E-state index contributed by atoms with van der Waals surface area (Å²) in [6, 6.07) is -0.865. The second-order valence-electron chi connectivity index (χ2n) is 3.24. The highest BCUT2D eigenvalue weighted by Gasteiger charge is 2.10. The Morgan fingerprint density at radius 2 is 2.00 bits per heavy atom. The zero-order valence-electron chi connectivity index (χ0n) is 8.66. The van der Waals surface area contributed by atoms with Crippen molar-refractivity contribution in [3.8, 4) is 0 Å². The van der Waals surface area contributed by atoms with E-state index in [9.17, 15) is 14.4 Å². The molecule has 6 nitrogen and oxygen atoms in total. The summed E-state index contributed by atoms with van der Waals surface area (Å²) in [6.07, 6.45) is 0.898. The number of carboxylic acid groups (broad SMARTS) is 1. The second-order valence-corrected chi connectivity index (χ2v) is 3.24. The van der Waals surface area contributed by atoms with E-state index < -0.39 is 23.6 Å². The quantitative estimate of drug-likeness (QED) is 0.352. The highest BCUT2D eigenvalue weighted by atomic mass is 16.4. The molecule has 0 rings (SSSR count). The van der Waals surface area contributed by atoms with Crippen LogP contribution >= 0.6 is 0 Å². The van der Waals surface area contributed by atoms with E-state index in [0.29, 0.717) is 19.4 Å². The molecule has 0 aliphatic heterocycles. The van der Waals surface area contributed by atoms with Gasteiger partial charge in [-0.2, -0.15) is 0 Å². The maximum atomic E-state index is 10.8. The minimum Gasteiger partial charge on any atom is -0.480 e. The third-order valence-electron chi connectivity index (χ3n) is 1.86. The van der Waals surface area contributed by atoms with Crippen LogP contribution in [0, 0.1) is 0 Å². The lowest BCUT2D eigenvalue weighted by molar-refractivity contribution is -0.138.